The van der Waals surface area contributed by atoms with Crippen LogP contribution in [0.1, 0.15) is 245 Å². The number of carbonyl (C=O) groups excluding carboxylic acids is 3. The van der Waals surface area contributed by atoms with Crippen molar-refractivity contribution in [2.45, 2.75) is 252 Å². The Morgan fingerprint density at radius 3 is 1.08 bits per heavy atom. The van der Waals surface area contributed by atoms with Gasteiger partial charge in [-0.15, -0.1) is 0 Å². The van der Waals surface area contributed by atoms with Crippen LogP contribution in [0.2, 0.25) is 0 Å². The van der Waals surface area contributed by atoms with Crippen molar-refractivity contribution < 1.29 is 28.6 Å². The topological polar surface area (TPSA) is 78.9 Å². The molecule has 6 heteroatoms. The van der Waals surface area contributed by atoms with Crippen molar-refractivity contribution in [1.82, 2.24) is 0 Å². The van der Waals surface area contributed by atoms with Gasteiger partial charge in [0.1, 0.15) is 13.2 Å². The lowest BCUT2D eigenvalue weighted by atomic mass is 10.0. The summed E-state index contributed by atoms with van der Waals surface area (Å²) in [7, 11) is 0. The fourth-order valence-electron chi connectivity index (χ4n) is 7.06. The lowest BCUT2D eigenvalue weighted by Gasteiger charge is -2.18. The number of hydrogen-bond acceptors (Lipinski definition) is 6. The Bertz CT molecular complexity index is 1180. The fourth-order valence-corrected chi connectivity index (χ4v) is 7.06. The Morgan fingerprint density at radius 2 is 0.661 bits per heavy atom. The Labute approximate surface area is 382 Å². The second-order valence-electron chi connectivity index (χ2n) is 17.1. The highest BCUT2D eigenvalue weighted by Crippen LogP contribution is 2.15. The van der Waals surface area contributed by atoms with Gasteiger partial charge in [0.25, 0.3) is 0 Å². The third-order valence-corrected chi connectivity index (χ3v) is 10.9. The number of esters is 3. The zero-order valence-corrected chi connectivity index (χ0v) is 40.6. The van der Waals surface area contributed by atoms with Crippen LogP contribution in [0.5, 0.6) is 0 Å². The molecular formula is C56H96O6. The van der Waals surface area contributed by atoms with Gasteiger partial charge in [0.15, 0.2) is 6.10 Å². The Kier molecular flexibility index (Phi) is 47.9. The lowest BCUT2D eigenvalue weighted by molar-refractivity contribution is -0.167. The van der Waals surface area contributed by atoms with E-state index in [0.717, 1.165) is 109 Å². The normalized spacial score (nSPS) is 12.6. The standard InChI is InChI=1S/C56H96O6/c1-4-7-10-13-16-19-22-24-26-27-28-29-31-32-34-37-40-43-46-49-55(58)61-52-53(51-60-54(57)48-45-42-39-36-21-18-15-12-9-6-3)62-56(59)50-47-44-41-38-35-33-30-25-23-20-17-14-11-8-5-2/h7,10,12,15-16,19,24,26,28-29,32,34,53H,4-6,8-9,11,13-14,17-18,20-23,25,27,30-31,33,35-52H2,1-3H3/b10-7-,15-12-,19-16-,26-24-,29-28-,34-32-. The second kappa shape index (κ2) is 50.5. The molecule has 0 saturated heterocycles. The highest BCUT2D eigenvalue weighted by atomic mass is 16.6. The Balaban J connectivity index is 4.40. The molecule has 0 radical (unpaired) electrons. The Hall–Kier alpha value is -3.15. The van der Waals surface area contributed by atoms with Crippen molar-refractivity contribution in [3.8, 4) is 0 Å². The molecule has 0 rings (SSSR count). The predicted molar refractivity (Wildman–Crippen MR) is 265 cm³/mol. The number of rotatable bonds is 46. The van der Waals surface area contributed by atoms with Crippen LogP contribution >= 0.6 is 0 Å². The van der Waals surface area contributed by atoms with E-state index in [-0.39, 0.29) is 31.1 Å². The van der Waals surface area contributed by atoms with Gasteiger partial charge in [-0.25, -0.2) is 0 Å². The van der Waals surface area contributed by atoms with Crippen LogP contribution in [0.15, 0.2) is 72.9 Å². The van der Waals surface area contributed by atoms with Crippen LogP contribution in [0.4, 0.5) is 0 Å². The van der Waals surface area contributed by atoms with Crippen LogP contribution in [0, 0.1) is 0 Å². The van der Waals surface area contributed by atoms with E-state index >= 15 is 0 Å². The lowest BCUT2D eigenvalue weighted by Crippen LogP contribution is -2.30. The Morgan fingerprint density at radius 1 is 0.339 bits per heavy atom. The first-order chi connectivity index (χ1) is 30.5. The molecule has 0 aromatic heterocycles. The molecule has 1 unspecified atom stereocenters. The summed E-state index contributed by atoms with van der Waals surface area (Å²) in [5.74, 6) is -0.929. The van der Waals surface area contributed by atoms with Crippen molar-refractivity contribution in [2.75, 3.05) is 13.2 Å². The molecule has 0 aromatic rings. The molecule has 356 valence electrons. The average Bonchev–Trinajstić information content (AvgIpc) is 3.27. The van der Waals surface area contributed by atoms with Gasteiger partial charge in [-0.1, -0.05) is 216 Å². The van der Waals surface area contributed by atoms with E-state index < -0.39 is 6.10 Å². The van der Waals surface area contributed by atoms with Gasteiger partial charge in [0, 0.05) is 19.3 Å². The van der Waals surface area contributed by atoms with Crippen molar-refractivity contribution in [3.05, 3.63) is 72.9 Å². The molecule has 0 aliphatic rings. The van der Waals surface area contributed by atoms with Gasteiger partial charge in [0.2, 0.25) is 0 Å². The largest absolute Gasteiger partial charge is 0.462 e. The van der Waals surface area contributed by atoms with Crippen LogP contribution in [0.3, 0.4) is 0 Å². The van der Waals surface area contributed by atoms with Gasteiger partial charge in [-0.05, 0) is 83.5 Å². The van der Waals surface area contributed by atoms with Gasteiger partial charge in [0.05, 0.1) is 0 Å². The third-order valence-electron chi connectivity index (χ3n) is 10.9. The molecule has 1 atom stereocenters. The average molecular weight is 865 g/mol. The van der Waals surface area contributed by atoms with Gasteiger partial charge >= 0.3 is 17.9 Å². The monoisotopic (exact) mass is 865 g/mol. The summed E-state index contributed by atoms with van der Waals surface area (Å²) in [5.41, 5.74) is 0. The maximum absolute atomic E-state index is 12.8. The highest BCUT2D eigenvalue weighted by molar-refractivity contribution is 5.71. The minimum absolute atomic E-state index is 0.0892. The van der Waals surface area contributed by atoms with E-state index in [2.05, 4.69) is 93.7 Å². The molecule has 0 bridgehead atoms. The van der Waals surface area contributed by atoms with Crippen LogP contribution < -0.4 is 0 Å². The number of unbranched alkanes of at least 4 members (excludes halogenated alkanes) is 23. The zero-order valence-electron chi connectivity index (χ0n) is 40.6. The van der Waals surface area contributed by atoms with E-state index in [0.29, 0.717) is 19.3 Å². The van der Waals surface area contributed by atoms with E-state index in [1.807, 2.05) is 0 Å². The van der Waals surface area contributed by atoms with Gasteiger partial charge in [-0.3, -0.25) is 14.4 Å². The van der Waals surface area contributed by atoms with E-state index in [9.17, 15) is 14.4 Å². The maximum atomic E-state index is 12.8. The van der Waals surface area contributed by atoms with Crippen molar-refractivity contribution in [2.24, 2.45) is 0 Å². The fraction of sp³-hybridized carbons (Fsp3) is 0.732. The van der Waals surface area contributed by atoms with Crippen molar-refractivity contribution >= 4 is 17.9 Å². The van der Waals surface area contributed by atoms with Crippen LogP contribution in [-0.2, 0) is 28.6 Å². The van der Waals surface area contributed by atoms with E-state index in [1.54, 1.807) is 0 Å². The minimum atomic E-state index is -0.789. The number of ether oxygens (including phenoxy) is 3. The molecule has 62 heavy (non-hydrogen) atoms. The first kappa shape index (κ1) is 58.9. The number of hydrogen-bond donors (Lipinski definition) is 0. The summed E-state index contributed by atoms with van der Waals surface area (Å²) in [6, 6.07) is 0. The SMILES string of the molecule is CC/C=C\C/C=C\C/C=C\C/C=C\C/C=C\CCCCCC(=O)OCC(COC(=O)CCCCCCC/C=C\CCC)OC(=O)CCCCCCCCCCCCCCCCC. The number of allylic oxidation sites excluding steroid dienone is 12. The predicted octanol–water partition coefficient (Wildman–Crippen LogP) is 17.0. The van der Waals surface area contributed by atoms with E-state index in [4.69, 9.17) is 14.2 Å². The molecule has 0 N–H and O–H groups in total. The maximum Gasteiger partial charge on any atom is 0.306 e. The minimum Gasteiger partial charge on any atom is -0.462 e. The molecule has 0 aromatic carbocycles. The highest BCUT2D eigenvalue weighted by Gasteiger charge is 2.19. The molecule has 0 aliphatic carbocycles. The number of carbonyl (C=O) groups is 3. The molecular weight excluding hydrogens is 769 g/mol. The molecule has 0 fully saturated rings. The summed E-state index contributed by atoms with van der Waals surface area (Å²) in [5, 5.41) is 0. The van der Waals surface area contributed by atoms with Crippen LogP contribution in [-0.4, -0.2) is 37.2 Å². The smallest absolute Gasteiger partial charge is 0.306 e. The first-order valence-corrected chi connectivity index (χ1v) is 25.9. The zero-order chi connectivity index (χ0) is 45.1. The molecule has 0 spiro atoms. The summed E-state index contributed by atoms with van der Waals surface area (Å²) >= 11 is 0. The molecule has 0 heterocycles. The quantitative estimate of drug-likeness (QED) is 0.0262. The van der Waals surface area contributed by atoms with Gasteiger partial charge in [-0.2, -0.15) is 0 Å². The van der Waals surface area contributed by atoms with Gasteiger partial charge < -0.3 is 14.2 Å². The molecule has 0 saturated carbocycles. The second-order valence-corrected chi connectivity index (χ2v) is 17.1. The first-order valence-electron chi connectivity index (χ1n) is 25.9. The van der Waals surface area contributed by atoms with E-state index in [1.165, 1.54) is 96.3 Å². The van der Waals surface area contributed by atoms with Crippen molar-refractivity contribution in [1.29, 1.82) is 0 Å². The van der Waals surface area contributed by atoms with Crippen molar-refractivity contribution in [3.63, 3.8) is 0 Å². The summed E-state index contributed by atoms with van der Waals surface area (Å²) in [6.45, 7) is 6.43. The third kappa shape index (κ3) is 47.9. The summed E-state index contributed by atoms with van der Waals surface area (Å²) in [4.78, 5) is 37.9. The van der Waals surface area contributed by atoms with Crippen LogP contribution in [0.25, 0.3) is 0 Å². The molecule has 0 amide bonds. The summed E-state index contributed by atoms with van der Waals surface area (Å²) < 4.78 is 16.7. The molecule has 0 aliphatic heterocycles. The molecule has 6 nitrogen and oxygen atoms in total. The summed E-state index contributed by atoms with van der Waals surface area (Å²) in [6.07, 6.45) is 63.2.